The van der Waals surface area contributed by atoms with Crippen LogP contribution in [0.4, 0.5) is 17.1 Å². The van der Waals surface area contributed by atoms with Gasteiger partial charge in [0, 0.05) is 33.2 Å². The third kappa shape index (κ3) is 6.20. The fourth-order valence-corrected chi connectivity index (χ4v) is 9.52. The molecule has 292 valence electrons. The summed E-state index contributed by atoms with van der Waals surface area (Å²) >= 11 is 0. The molecule has 3 heteroatoms. The van der Waals surface area contributed by atoms with Crippen LogP contribution in [0.3, 0.4) is 0 Å². The van der Waals surface area contributed by atoms with Crippen molar-refractivity contribution in [2.75, 3.05) is 4.90 Å². The Balaban J connectivity index is 1.11. The average Bonchev–Trinajstić information content (AvgIpc) is 3.88. The van der Waals surface area contributed by atoms with E-state index < -0.39 is 0 Å². The van der Waals surface area contributed by atoms with Crippen LogP contribution in [-0.4, -0.2) is 4.57 Å². The third-order valence-electron chi connectivity index (χ3n) is 12.4. The number of benzene rings is 9. The minimum Gasteiger partial charge on any atom is -0.456 e. The van der Waals surface area contributed by atoms with E-state index in [1.807, 2.05) is 0 Å². The van der Waals surface area contributed by atoms with Crippen molar-refractivity contribution < 1.29 is 4.42 Å². The van der Waals surface area contributed by atoms with Crippen molar-refractivity contribution in [3.63, 3.8) is 0 Å². The van der Waals surface area contributed by atoms with Gasteiger partial charge in [0.25, 0.3) is 0 Å². The summed E-state index contributed by atoms with van der Waals surface area (Å²) in [5.41, 5.74) is 18.6. The van der Waals surface area contributed by atoms with Gasteiger partial charge < -0.3 is 13.9 Å². The highest BCUT2D eigenvalue weighted by Crippen LogP contribution is 2.47. The molecule has 0 amide bonds. The molecule has 0 fully saturated rings. The van der Waals surface area contributed by atoms with Crippen LogP contribution in [0.15, 0.2) is 211 Å². The van der Waals surface area contributed by atoms with Gasteiger partial charge in [0.1, 0.15) is 11.2 Å². The van der Waals surface area contributed by atoms with Crippen LogP contribution in [0, 0.1) is 0 Å². The fraction of sp³-hybridized carbons (Fsp3) is 0.0690. The van der Waals surface area contributed by atoms with E-state index in [0.29, 0.717) is 0 Å². The number of hydrogen-bond acceptors (Lipinski definition) is 2. The number of aryl methyl sites for hydroxylation is 1. The van der Waals surface area contributed by atoms with E-state index in [9.17, 15) is 0 Å². The standard InChI is InChI=1S/C58H44N2O/c1-3-39-17-11-12-22-47(39)48-24-15-26-52(46(48)4-2)60(45-33-29-41(30-34-45)40-18-7-5-8-19-40)55-27-16-28-57-58(55)51-38-43(32-36-56(51)61-57)42-31-35-54-50(37-42)49-23-13-14-25-53(49)59(54)44-20-9-6-10-21-44/h5-38H,3-4H2,1-2H3. The Hall–Kier alpha value is -7.62. The summed E-state index contributed by atoms with van der Waals surface area (Å²) in [6.07, 6.45) is 1.84. The number of furan rings is 1. The molecule has 11 aromatic rings. The van der Waals surface area contributed by atoms with Gasteiger partial charge in [-0.25, -0.2) is 0 Å². The lowest BCUT2D eigenvalue weighted by Gasteiger charge is -2.30. The van der Waals surface area contributed by atoms with Gasteiger partial charge in [-0.1, -0.05) is 147 Å². The van der Waals surface area contributed by atoms with E-state index >= 15 is 0 Å². The fourth-order valence-electron chi connectivity index (χ4n) is 9.52. The maximum Gasteiger partial charge on any atom is 0.137 e. The first-order valence-electron chi connectivity index (χ1n) is 21.4. The van der Waals surface area contributed by atoms with Crippen LogP contribution < -0.4 is 4.90 Å². The molecule has 2 aromatic heterocycles. The summed E-state index contributed by atoms with van der Waals surface area (Å²) in [4.78, 5) is 2.46. The zero-order chi connectivity index (χ0) is 40.9. The molecular weight excluding hydrogens is 741 g/mol. The van der Waals surface area contributed by atoms with Gasteiger partial charge in [-0.2, -0.15) is 0 Å². The molecule has 11 rings (SSSR count). The second-order valence-corrected chi connectivity index (χ2v) is 15.8. The molecule has 0 unspecified atom stereocenters. The normalized spacial score (nSPS) is 11.6. The van der Waals surface area contributed by atoms with Crippen LogP contribution in [-0.2, 0) is 12.8 Å². The molecule has 0 aliphatic rings. The molecule has 0 aliphatic carbocycles. The lowest BCUT2D eigenvalue weighted by Crippen LogP contribution is -2.13. The number of hydrogen-bond donors (Lipinski definition) is 0. The third-order valence-corrected chi connectivity index (χ3v) is 12.4. The average molecular weight is 785 g/mol. The summed E-state index contributed by atoms with van der Waals surface area (Å²) < 4.78 is 9.08. The van der Waals surface area contributed by atoms with E-state index in [4.69, 9.17) is 4.42 Å². The Labute approximate surface area is 356 Å². The van der Waals surface area contributed by atoms with Crippen molar-refractivity contribution >= 4 is 60.8 Å². The molecule has 0 N–H and O–H groups in total. The Morgan fingerprint density at radius 1 is 0.426 bits per heavy atom. The Morgan fingerprint density at radius 3 is 1.85 bits per heavy atom. The zero-order valence-electron chi connectivity index (χ0n) is 34.3. The summed E-state index contributed by atoms with van der Waals surface area (Å²) in [5.74, 6) is 0. The number of aromatic nitrogens is 1. The first-order valence-corrected chi connectivity index (χ1v) is 21.4. The van der Waals surface area contributed by atoms with Gasteiger partial charge in [-0.05, 0) is 130 Å². The van der Waals surface area contributed by atoms with Crippen molar-refractivity contribution in [2.45, 2.75) is 26.7 Å². The summed E-state index contributed by atoms with van der Waals surface area (Å²) in [7, 11) is 0. The van der Waals surface area contributed by atoms with E-state index in [-0.39, 0.29) is 0 Å². The highest BCUT2D eigenvalue weighted by atomic mass is 16.3. The van der Waals surface area contributed by atoms with Crippen LogP contribution in [0.2, 0.25) is 0 Å². The zero-order valence-corrected chi connectivity index (χ0v) is 34.3. The molecule has 0 spiro atoms. The second kappa shape index (κ2) is 15.2. The molecule has 0 saturated heterocycles. The smallest absolute Gasteiger partial charge is 0.137 e. The van der Waals surface area contributed by atoms with Crippen LogP contribution in [0.25, 0.3) is 82.8 Å². The van der Waals surface area contributed by atoms with Crippen molar-refractivity contribution in [1.29, 1.82) is 0 Å². The van der Waals surface area contributed by atoms with Crippen LogP contribution in [0.5, 0.6) is 0 Å². The minimum atomic E-state index is 0.863. The number of rotatable bonds is 9. The molecule has 0 radical (unpaired) electrons. The quantitative estimate of drug-likeness (QED) is 0.145. The van der Waals surface area contributed by atoms with Crippen molar-refractivity contribution in [1.82, 2.24) is 4.57 Å². The molecule has 0 bridgehead atoms. The van der Waals surface area contributed by atoms with Gasteiger partial charge in [-0.15, -0.1) is 0 Å². The van der Waals surface area contributed by atoms with Crippen LogP contribution >= 0.6 is 0 Å². The predicted molar refractivity (Wildman–Crippen MR) is 258 cm³/mol. The Morgan fingerprint density at radius 2 is 1.05 bits per heavy atom. The summed E-state index contributed by atoms with van der Waals surface area (Å²) in [5, 5.41) is 4.65. The topological polar surface area (TPSA) is 21.3 Å². The van der Waals surface area contributed by atoms with E-state index in [1.165, 1.54) is 60.8 Å². The lowest BCUT2D eigenvalue weighted by atomic mass is 9.91. The van der Waals surface area contributed by atoms with Crippen LogP contribution in [0.1, 0.15) is 25.0 Å². The maximum absolute atomic E-state index is 6.71. The first-order chi connectivity index (χ1) is 30.2. The van der Waals surface area contributed by atoms with Gasteiger partial charge in [0.15, 0.2) is 0 Å². The largest absolute Gasteiger partial charge is 0.456 e. The number of fused-ring (bicyclic) bond motifs is 6. The molecule has 2 heterocycles. The SMILES string of the molecule is CCc1ccccc1-c1cccc(N(c2ccc(-c3ccccc3)cc2)c2cccc3oc4ccc(-c5ccc6c(c5)c5ccccc5n6-c5ccccc5)cc4c23)c1CC. The molecular formula is C58H44N2O. The summed E-state index contributed by atoms with van der Waals surface area (Å²) in [6, 6.07) is 74.7. The van der Waals surface area contributed by atoms with E-state index in [0.717, 1.165) is 63.1 Å². The van der Waals surface area contributed by atoms with Crippen molar-refractivity contribution in [2.24, 2.45) is 0 Å². The van der Waals surface area contributed by atoms with E-state index in [2.05, 4.69) is 230 Å². The minimum absolute atomic E-state index is 0.863. The van der Waals surface area contributed by atoms with Crippen molar-refractivity contribution in [3.05, 3.63) is 217 Å². The van der Waals surface area contributed by atoms with Gasteiger partial charge in [-0.3, -0.25) is 0 Å². The molecule has 0 atom stereocenters. The predicted octanol–water partition coefficient (Wildman–Crippen LogP) is 16.3. The Kier molecular flexibility index (Phi) is 9.08. The monoisotopic (exact) mass is 784 g/mol. The van der Waals surface area contributed by atoms with Gasteiger partial charge in [0.2, 0.25) is 0 Å². The highest BCUT2D eigenvalue weighted by Gasteiger charge is 2.24. The first kappa shape index (κ1) is 36.5. The number of para-hydroxylation sites is 2. The molecule has 3 nitrogen and oxygen atoms in total. The highest BCUT2D eigenvalue weighted by molar-refractivity contribution is 6.15. The molecule has 0 saturated carbocycles. The number of nitrogens with zero attached hydrogens (tertiary/aromatic N) is 2. The Bertz CT molecular complexity index is 3370. The molecule has 9 aromatic carbocycles. The van der Waals surface area contributed by atoms with Gasteiger partial charge >= 0.3 is 0 Å². The lowest BCUT2D eigenvalue weighted by molar-refractivity contribution is 0.669. The number of anilines is 3. The molecule has 0 aliphatic heterocycles. The van der Waals surface area contributed by atoms with Gasteiger partial charge in [0.05, 0.1) is 22.1 Å². The van der Waals surface area contributed by atoms with Crippen molar-refractivity contribution in [3.8, 4) is 39.1 Å². The van der Waals surface area contributed by atoms with E-state index in [1.54, 1.807) is 0 Å². The maximum atomic E-state index is 6.71. The molecule has 61 heavy (non-hydrogen) atoms. The second-order valence-electron chi connectivity index (χ2n) is 15.8. The summed E-state index contributed by atoms with van der Waals surface area (Å²) in [6.45, 7) is 4.52.